The van der Waals surface area contributed by atoms with Crippen LogP contribution in [0.1, 0.15) is 37.0 Å². The molecule has 0 aromatic heterocycles. The summed E-state index contributed by atoms with van der Waals surface area (Å²) < 4.78 is 10.6. The first-order valence-corrected chi connectivity index (χ1v) is 7.07. The van der Waals surface area contributed by atoms with Crippen molar-refractivity contribution in [2.75, 3.05) is 19.8 Å². The number of benzene rings is 1. The second kappa shape index (κ2) is 9.77. The Labute approximate surface area is 124 Å². The lowest BCUT2D eigenvalue weighted by molar-refractivity contribution is -0.121. The number of amides is 2. The molecule has 0 atom stereocenters. The minimum Gasteiger partial charge on any atom is -0.491 e. The number of ether oxygens (including phenoxy) is 2. The Bertz CT molecular complexity index is 463. The molecule has 2 amide bonds. The summed E-state index contributed by atoms with van der Waals surface area (Å²) in [4.78, 5) is 23.2. The molecule has 1 aromatic carbocycles. The average molecular weight is 294 g/mol. The van der Waals surface area contributed by atoms with Crippen molar-refractivity contribution < 1.29 is 19.1 Å². The van der Waals surface area contributed by atoms with E-state index < -0.39 is 0 Å². The van der Waals surface area contributed by atoms with E-state index in [9.17, 15) is 9.59 Å². The van der Waals surface area contributed by atoms with Crippen molar-refractivity contribution in [2.45, 2.75) is 26.7 Å². The summed E-state index contributed by atoms with van der Waals surface area (Å²) in [5, 5.41) is 0. The molecular weight excluding hydrogens is 272 g/mol. The summed E-state index contributed by atoms with van der Waals surface area (Å²) in [6.45, 7) is 5.37. The highest BCUT2D eigenvalue weighted by atomic mass is 16.5. The van der Waals surface area contributed by atoms with Crippen molar-refractivity contribution in [1.29, 1.82) is 0 Å². The minimum absolute atomic E-state index is 0.213. The molecule has 21 heavy (non-hydrogen) atoms. The molecule has 0 aliphatic carbocycles. The number of hydrogen-bond donors (Lipinski definition) is 2. The lowest BCUT2D eigenvalue weighted by Crippen LogP contribution is -2.41. The number of carbonyl (C=O) groups excluding carboxylic acids is 2. The third kappa shape index (κ3) is 6.76. The van der Waals surface area contributed by atoms with Gasteiger partial charge in [0, 0.05) is 18.6 Å². The summed E-state index contributed by atoms with van der Waals surface area (Å²) in [5.41, 5.74) is 5.15. The zero-order valence-electron chi connectivity index (χ0n) is 12.5. The molecule has 0 fully saturated rings. The van der Waals surface area contributed by atoms with Gasteiger partial charge in [-0.25, -0.2) is 0 Å². The third-order valence-electron chi connectivity index (χ3n) is 2.59. The molecule has 0 unspecified atom stereocenters. The highest BCUT2D eigenvalue weighted by molar-refractivity contribution is 5.95. The molecule has 6 heteroatoms. The van der Waals surface area contributed by atoms with Gasteiger partial charge in [0.05, 0.1) is 6.61 Å². The SMILES string of the molecule is CCCC(=O)NNC(=O)c1cccc(OCCOCC)c1. The standard InChI is InChI=1S/C15H22N2O4/c1-3-6-14(18)16-17-15(19)12-7-5-8-13(11-12)21-10-9-20-4-2/h5,7-8,11H,3-4,6,9-10H2,1-2H3,(H,16,18)(H,17,19). The van der Waals surface area contributed by atoms with Crippen LogP contribution in [0.4, 0.5) is 0 Å². The van der Waals surface area contributed by atoms with E-state index in [1.807, 2.05) is 13.8 Å². The van der Waals surface area contributed by atoms with Crippen LogP contribution in [0.15, 0.2) is 24.3 Å². The van der Waals surface area contributed by atoms with E-state index in [2.05, 4.69) is 10.9 Å². The largest absolute Gasteiger partial charge is 0.491 e. The second-order valence-corrected chi connectivity index (χ2v) is 4.33. The number of hydrogen-bond acceptors (Lipinski definition) is 4. The normalized spacial score (nSPS) is 10.0. The second-order valence-electron chi connectivity index (χ2n) is 4.33. The first-order chi connectivity index (χ1) is 10.2. The van der Waals surface area contributed by atoms with Gasteiger partial charge in [0.1, 0.15) is 12.4 Å². The van der Waals surface area contributed by atoms with E-state index >= 15 is 0 Å². The zero-order chi connectivity index (χ0) is 15.5. The Morgan fingerprint density at radius 3 is 2.67 bits per heavy atom. The number of hydrazine groups is 1. The molecule has 0 aliphatic rings. The Balaban J connectivity index is 2.46. The summed E-state index contributed by atoms with van der Waals surface area (Å²) in [7, 11) is 0. The molecule has 0 radical (unpaired) electrons. The van der Waals surface area contributed by atoms with Crippen LogP contribution in [0.3, 0.4) is 0 Å². The van der Waals surface area contributed by atoms with Gasteiger partial charge in [0.15, 0.2) is 0 Å². The molecule has 1 rings (SSSR count). The Hall–Kier alpha value is -2.08. The van der Waals surface area contributed by atoms with Gasteiger partial charge in [-0.05, 0) is 31.5 Å². The van der Waals surface area contributed by atoms with Crippen molar-refractivity contribution in [3.8, 4) is 5.75 Å². The molecule has 0 aliphatic heterocycles. The lowest BCUT2D eigenvalue weighted by Gasteiger charge is -2.09. The minimum atomic E-state index is -0.380. The average Bonchev–Trinajstić information content (AvgIpc) is 2.50. The van der Waals surface area contributed by atoms with Crippen molar-refractivity contribution in [3.05, 3.63) is 29.8 Å². The first kappa shape index (κ1) is 17.0. The zero-order valence-corrected chi connectivity index (χ0v) is 12.5. The Kier molecular flexibility index (Phi) is 7.89. The van der Waals surface area contributed by atoms with Crippen LogP contribution >= 0.6 is 0 Å². The predicted molar refractivity (Wildman–Crippen MR) is 78.9 cm³/mol. The van der Waals surface area contributed by atoms with Crippen LogP contribution < -0.4 is 15.6 Å². The van der Waals surface area contributed by atoms with Crippen molar-refractivity contribution in [3.63, 3.8) is 0 Å². The van der Waals surface area contributed by atoms with Gasteiger partial charge < -0.3 is 9.47 Å². The monoisotopic (exact) mass is 294 g/mol. The van der Waals surface area contributed by atoms with E-state index in [1.54, 1.807) is 24.3 Å². The van der Waals surface area contributed by atoms with E-state index in [-0.39, 0.29) is 11.8 Å². The molecule has 1 aromatic rings. The van der Waals surface area contributed by atoms with E-state index in [1.165, 1.54) is 0 Å². The fourth-order valence-electron chi connectivity index (χ4n) is 1.58. The molecule has 116 valence electrons. The molecule has 2 N–H and O–H groups in total. The molecular formula is C15H22N2O4. The number of nitrogens with one attached hydrogen (secondary N) is 2. The fourth-order valence-corrected chi connectivity index (χ4v) is 1.58. The summed E-state index contributed by atoms with van der Waals surface area (Å²) >= 11 is 0. The number of rotatable bonds is 8. The van der Waals surface area contributed by atoms with Gasteiger partial charge in [0.25, 0.3) is 5.91 Å². The van der Waals surface area contributed by atoms with Crippen LogP contribution in [0, 0.1) is 0 Å². The number of carbonyl (C=O) groups is 2. The van der Waals surface area contributed by atoms with Crippen molar-refractivity contribution in [1.82, 2.24) is 10.9 Å². The van der Waals surface area contributed by atoms with Crippen LogP contribution in [0.2, 0.25) is 0 Å². The molecule has 0 saturated heterocycles. The molecule has 0 heterocycles. The van der Waals surface area contributed by atoms with Gasteiger partial charge in [-0.2, -0.15) is 0 Å². The van der Waals surface area contributed by atoms with Gasteiger partial charge >= 0.3 is 0 Å². The summed E-state index contributed by atoms with van der Waals surface area (Å²) in [5.74, 6) is -0.00748. The Morgan fingerprint density at radius 2 is 1.95 bits per heavy atom. The summed E-state index contributed by atoms with van der Waals surface area (Å²) in [6.07, 6.45) is 1.10. The third-order valence-corrected chi connectivity index (χ3v) is 2.59. The van der Waals surface area contributed by atoms with Crippen molar-refractivity contribution in [2.24, 2.45) is 0 Å². The molecule has 0 bridgehead atoms. The lowest BCUT2D eigenvalue weighted by atomic mass is 10.2. The van der Waals surface area contributed by atoms with Gasteiger partial charge in [-0.3, -0.25) is 20.4 Å². The highest BCUT2D eigenvalue weighted by Gasteiger charge is 2.08. The first-order valence-electron chi connectivity index (χ1n) is 7.07. The maximum absolute atomic E-state index is 11.9. The van der Waals surface area contributed by atoms with Gasteiger partial charge in [0.2, 0.25) is 5.91 Å². The van der Waals surface area contributed by atoms with Crippen LogP contribution in [0.5, 0.6) is 5.75 Å². The highest BCUT2D eigenvalue weighted by Crippen LogP contribution is 2.13. The van der Waals surface area contributed by atoms with E-state index in [4.69, 9.17) is 9.47 Å². The smallest absolute Gasteiger partial charge is 0.269 e. The maximum atomic E-state index is 11.9. The van der Waals surface area contributed by atoms with Crippen molar-refractivity contribution >= 4 is 11.8 Å². The van der Waals surface area contributed by atoms with Gasteiger partial charge in [-0.1, -0.05) is 13.0 Å². The van der Waals surface area contributed by atoms with Gasteiger partial charge in [-0.15, -0.1) is 0 Å². The summed E-state index contributed by atoms with van der Waals surface area (Å²) in [6, 6.07) is 6.75. The topological polar surface area (TPSA) is 76.7 Å². The molecule has 0 spiro atoms. The van der Waals surface area contributed by atoms with Crippen LogP contribution in [0.25, 0.3) is 0 Å². The fraction of sp³-hybridized carbons (Fsp3) is 0.467. The maximum Gasteiger partial charge on any atom is 0.269 e. The molecule has 0 saturated carbocycles. The molecule has 6 nitrogen and oxygen atoms in total. The van der Waals surface area contributed by atoms with E-state index in [0.29, 0.717) is 37.6 Å². The van der Waals surface area contributed by atoms with Crippen LogP contribution in [-0.2, 0) is 9.53 Å². The van der Waals surface area contributed by atoms with E-state index in [0.717, 1.165) is 6.42 Å². The van der Waals surface area contributed by atoms with Crippen LogP contribution in [-0.4, -0.2) is 31.6 Å². The quantitative estimate of drug-likeness (QED) is 0.565. The Morgan fingerprint density at radius 1 is 1.14 bits per heavy atom. The predicted octanol–water partition coefficient (Wildman–Crippen LogP) is 1.66.